The van der Waals surface area contributed by atoms with E-state index in [4.69, 9.17) is 9.84 Å². The lowest BCUT2D eigenvalue weighted by Gasteiger charge is -2.06. The highest BCUT2D eigenvalue weighted by atomic mass is 32.1. The fraction of sp³-hybridized carbons (Fsp3) is 0.0690. The zero-order valence-electron chi connectivity index (χ0n) is 20.2. The van der Waals surface area contributed by atoms with Crippen LogP contribution in [0.25, 0.3) is 28.2 Å². The molecule has 0 spiro atoms. The average molecular weight is 508 g/mol. The molecule has 8 heteroatoms. The smallest absolute Gasteiger partial charge is 0.275 e. The highest BCUT2D eigenvalue weighted by Crippen LogP contribution is 2.26. The van der Waals surface area contributed by atoms with E-state index < -0.39 is 0 Å². The van der Waals surface area contributed by atoms with Gasteiger partial charge in [-0.2, -0.15) is 5.10 Å². The van der Waals surface area contributed by atoms with Gasteiger partial charge >= 0.3 is 0 Å². The molecule has 0 aliphatic carbocycles. The fourth-order valence-electron chi connectivity index (χ4n) is 3.94. The van der Waals surface area contributed by atoms with Gasteiger partial charge in [0, 0.05) is 23.7 Å². The van der Waals surface area contributed by atoms with Crippen LogP contribution < -0.4 is 15.0 Å². The number of carbonyl (C=O) groups excluding carboxylic acids is 1. The van der Waals surface area contributed by atoms with Crippen LogP contribution in [0.1, 0.15) is 10.4 Å². The number of carbonyl (C=O) groups is 1. The van der Waals surface area contributed by atoms with Crippen molar-refractivity contribution in [2.45, 2.75) is 6.54 Å². The molecule has 7 nitrogen and oxygen atoms in total. The van der Waals surface area contributed by atoms with Crippen molar-refractivity contribution in [3.63, 3.8) is 0 Å². The summed E-state index contributed by atoms with van der Waals surface area (Å²) in [6.45, 7) is 4.44. The summed E-state index contributed by atoms with van der Waals surface area (Å²) < 4.78 is 9.00. The predicted octanol–water partition coefficient (Wildman–Crippen LogP) is 5.51. The Kier molecular flexibility index (Phi) is 7.09. The Bertz CT molecular complexity index is 1580. The van der Waals surface area contributed by atoms with Crippen LogP contribution in [0.4, 0.5) is 0 Å². The van der Waals surface area contributed by atoms with E-state index in [0.29, 0.717) is 22.6 Å². The summed E-state index contributed by atoms with van der Waals surface area (Å²) in [5.41, 5.74) is 7.42. The first-order valence-electron chi connectivity index (χ1n) is 11.7. The fourth-order valence-corrected chi connectivity index (χ4v) is 4.82. The maximum absolute atomic E-state index is 13.4. The Morgan fingerprint density at radius 3 is 2.41 bits per heavy atom. The number of allylic oxidation sites excluding steroid dienone is 1. The molecule has 1 amide bonds. The second-order valence-corrected chi connectivity index (χ2v) is 8.96. The molecular weight excluding hydrogens is 482 g/mol. The van der Waals surface area contributed by atoms with Crippen LogP contribution >= 0.6 is 11.3 Å². The van der Waals surface area contributed by atoms with Crippen molar-refractivity contribution in [2.24, 2.45) is 5.10 Å². The number of rotatable bonds is 8. The normalized spacial score (nSPS) is 11.3. The molecule has 0 saturated heterocycles. The van der Waals surface area contributed by atoms with Crippen LogP contribution in [0.3, 0.4) is 0 Å². The van der Waals surface area contributed by atoms with Crippen molar-refractivity contribution in [2.75, 3.05) is 7.11 Å². The molecule has 0 unspecified atom stereocenters. The minimum Gasteiger partial charge on any atom is -0.497 e. The summed E-state index contributed by atoms with van der Waals surface area (Å²) >= 11 is 1.45. The Morgan fingerprint density at radius 2 is 1.73 bits per heavy atom. The Labute approximate surface area is 218 Å². The van der Waals surface area contributed by atoms with E-state index in [2.05, 4.69) is 17.1 Å². The quantitative estimate of drug-likeness (QED) is 0.222. The number of methoxy groups -OCH3 is 1. The number of thiazole rings is 1. The number of nitrogens with one attached hydrogen (secondary N) is 1. The van der Waals surface area contributed by atoms with Gasteiger partial charge in [-0.05, 0) is 42.0 Å². The molecule has 0 radical (unpaired) electrons. The van der Waals surface area contributed by atoms with Gasteiger partial charge in [-0.1, -0.05) is 54.6 Å². The minimum atomic E-state index is -0.354. The van der Waals surface area contributed by atoms with E-state index in [9.17, 15) is 4.79 Å². The Balaban J connectivity index is 1.52. The lowest BCUT2D eigenvalue weighted by atomic mass is 10.1. The van der Waals surface area contributed by atoms with Gasteiger partial charge in [0.15, 0.2) is 0 Å². The molecule has 0 saturated carbocycles. The molecule has 0 aliphatic rings. The first kappa shape index (κ1) is 24.0. The van der Waals surface area contributed by atoms with Crippen molar-refractivity contribution < 1.29 is 9.53 Å². The van der Waals surface area contributed by atoms with E-state index in [-0.39, 0.29) is 5.91 Å². The second kappa shape index (κ2) is 10.9. The SMILES string of the molecule is C=CCn1c(-c2ccccc2)cs/c1=N/NC(=O)c1cn(-c2ccccc2)nc1-c1ccc(OC)cc1. The van der Waals surface area contributed by atoms with E-state index in [1.807, 2.05) is 101 Å². The summed E-state index contributed by atoms with van der Waals surface area (Å²) in [5, 5.41) is 11.2. The molecule has 1 N–H and O–H groups in total. The van der Waals surface area contributed by atoms with Crippen molar-refractivity contribution in [1.29, 1.82) is 0 Å². The predicted molar refractivity (Wildman–Crippen MR) is 147 cm³/mol. The number of para-hydroxylation sites is 1. The summed E-state index contributed by atoms with van der Waals surface area (Å²) in [6.07, 6.45) is 3.53. The third kappa shape index (κ3) is 5.14. The van der Waals surface area contributed by atoms with Gasteiger partial charge in [0.25, 0.3) is 5.91 Å². The van der Waals surface area contributed by atoms with Crippen molar-refractivity contribution >= 4 is 17.2 Å². The molecule has 0 aliphatic heterocycles. The highest BCUT2D eigenvalue weighted by Gasteiger charge is 2.19. The van der Waals surface area contributed by atoms with E-state index in [1.165, 1.54) is 11.3 Å². The van der Waals surface area contributed by atoms with Crippen LogP contribution in [0.2, 0.25) is 0 Å². The molecule has 5 aromatic rings. The third-order valence-electron chi connectivity index (χ3n) is 5.78. The molecule has 3 aromatic carbocycles. The summed E-state index contributed by atoms with van der Waals surface area (Å²) in [5.74, 6) is 0.374. The van der Waals surface area contributed by atoms with E-state index in [1.54, 1.807) is 18.0 Å². The monoisotopic (exact) mass is 507 g/mol. The van der Waals surface area contributed by atoms with Crippen LogP contribution in [0.15, 0.2) is 114 Å². The first-order valence-corrected chi connectivity index (χ1v) is 12.5. The van der Waals surface area contributed by atoms with Crippen LogP contribution in [-0.2, 0) is 6.54 Å². The number of benzene rings is 3. The van der Waals surface area contributed by atoms with Gasteiger partial charge in [0.05, 0.1) is 24.1 Å². The lowest BCUT2D eigenvalue weighted by Crippen LogP contribution is -2.24. The average Bonchev–Trinajstić information content (AvgIpc) is 3.58. The number of ether oxygens (including phenoxy) is 1. The Morgan fingerprint density at radius 1 is 1.03 bits per heavy atom. The maximum atomic E-state index is 13.4. The zero-order chi connectivity index (χ0) is 25.6. The second-order valence-electron chi connectivity index (χ2n) is 8.12. The van der Waals surface area contributed by atoms with Crippen molar-refractivity contribution in [3.05, 3.63) is 120 Å². The van der Waals surface area contributed by atoms with Gasteiger partial charge < -0.3 is 9.30 Å². The number of hydrogen-bond acceptors (Lipinski definition) is 5. The van der Waals surface area contributed by atoms with E-state index in [0.717, 1.165) is 28.3 Å². The summed E-state index contributed by atoms with van der Waals surface area (Å²) in [4.78, 5) is 14.1. The van der Waals surface area contributed by atoms with Gasteiger partial charge in [-0.3, -0.25) is 4.79 Å². The number of amides is 1. The lowest BCUT2D eigenvalue weighted by molar-refractivity contribution is 0.0953. The molecule has 184 valence electrons. The van der Waals surface area contributed by atoms with Crippen LogP contribution in [0, 0.1) is 0 Å². The molecular formula is C29H25N5O2S. The molecule has 0 atom stereocenters. The van der Waals surface area contributed by atoms with Crippen molar-refractivity contribution in [3.8, 4) is 34.0 Å². The molecule has 0 fully saturated rings. The minimum absolute atomic E-state index is 0.354. The van der Waals surface area contributed by atoms with Gasteiger partial charge in [-0.25, -0.2) is 10.1 Å². The Hall–Kier alpha value is -4.69. The molecule has 37 heavy (non-hydrogen) atoms. The number of aromatic nitrogens is 3. The number of nitrogens with zero attached hydrogens (tertiary/aromatic N) is 4. The standard InChI is InChI=1S/C29H25N5O2S/c1-3-18-33-26(21-10-6-4-7-11-21)20-37-29(33)31-30-28(35)25-19-34(23-12-8-5-9-13-23)32-27(25)22-14-16-24(36-2)17-15-22/h3-17,19-20H,1,18H2,2H3,(H,30,35)/b31-29+. The molecule has 2 aromatic heterocycles. The zero-order valence-corrected chi connectivity index (χ0v) is 21.1. The van der Waals surface area contributed by atoms with Gasteiger partial charge in [0.2, 0.25) is 4.80 Å². The van der Waals surface area contributed by atoms with Gasteiger partial charge in [-0.15, -0.1) is 23.0 Å². The highest BCUT2D eigenvalue weighted by molar-refractivity contribution is 7.07. The molecule has 5 rings (SSSR count). The van der Waals surface area contributed by atoms with Crippen LogP contribution in [0.5, 0.6) is 5.75 Å². The maximum Gasteiger partial charge on any atom is 0.275 e. The van der Waals surface area contributed by atoms with Gasteiger partial charge in [0.1, 0.15) is 11.4 Å². The van der Waals surface area contributed by atoms with Crippen LogP contribution in [-0.4, -0.2) is 27.4 Å². The van der Waals surface area contributed by atoms with E-state index >= 15 is 0 Å². The largest absolute Gasteiger partial charge is 0.497 e. The summed E-state index contributed by atoms with van der Waals surface area (Å²) in [6, 6.07) is 27.2. The number of hydrogen-bond donors (Lipinski definition) is 1. The third-order valence-corrected chi connectivity index (χ3v) is 6.64. The summed E-state index contributed by atoms with van der Waals surface area (Å²) in [7, 11) is 1.62. The molecule has 2 heterocycles. The van der Waals surface area contributed by atoms with Crippen molar-refractivity contribution in [1.82, 2.24) is 19.8 Å². The molecule has 0 bridgehead atoms. The topological polar surface area (TPSA) is 73.4 Å². The first-order chi connectivity index (χ1) is 18.2.